The molecule has 0 spiro atoms. The maximum Gasteiger partial charge on any atom is 0.126 e. The standard InChI is InChI=1S/C59H54N2O/c1-7-62-59-15-11-10-14-52(59)25-19-48-22-32-54(33-23-48)61(58-39-17-43(3)41-46(58)6)56-36-28-51(29-37-56)50-26-34-55(35-27-50)60(57-38-16-42(2)40-45(57)5)53-30-20-47(21-31-53)18-24-49-13-9-8-12-44(49)4/h8-41H,7H2,1-6H3/b24-18+,25-19+. The van der Waals surface area contributed by atoms with Gasteiger partial charge in [0.15, 0.2) is 0 Å². The summed E-state index contributed by atoms with van der Waals surface area (Å²) in [5.41, 5.74) is 19.9. The van der Waals surface area contributed by atoms with Gasteiger partial charge in [-0.25, -0.2) is 0 Å². The first-order chi connectivity index (χ1) is 30.2. The van der Waals surface area contributed by atoms with Gasteiger partial charge in [0.2, 0.25) is 0 Å². The van der Waals surface area contributed by atoms with E-state index in [-0.39, 0.29) is 0 Å². The van der Waals surface area contributed by atoms with Crippen LogP contribution in [0.1, 0.15) is 57.0 Å². The zero-order valence-corrected chi connectivity index (χ0v) is 36.6. The van der Waals surface area contributed by atoms with E-state index in [1.165, 1.54) is 39.1 Å². The number of anilines is 6. The summed E-state index contributed by atoms with van der Waals surface area (Å²) in [5.74, 6) is 0.895. The Hall–Kier alpha value is -7.36. The van der Waals surface area contributed by atoms with Crippen molar-refractivity contribution >= 4 is 58.4 Å². The Kier molecular flexibility index (Phi) is 12.6. The van der Waals surface area contributed by atoms with Gasteiger partial charge < -0.3 is 14.5 Å². The van der Waals surface area contributed by atoms with E-state index < -0.39 is 0 Å². The molecule has 0 bridgehead atoms. The van der Waals surface area contributed by atoms with E-state index in [9.17, 15) is 0 Å². The average Bonchev–Trinajstić information content (AvgIpc) is 3.29. The van der Waals surface area contributed by atoms with E-state index in [1.54, 1.807) is 0 Å². The molecule has 0 saturated heterocycles. The predicted octanol–water partition coefficient (Wildman–Crippen LogP) is 16.6. The van der Waals surface area contributed by atoms with Crippen LogP contribution in [0.5, 0.6) is 5.75 Å². The molecule has 0 fully saturated rings. The average molecular weight is 807 g/mol. The Morgan fingerprint density at radius 1 is 0.387 bits per heavy atom. The van der Waals surface area contributed by atoms with Gasteiger partial charge in [0.25, 0.3) is 0 Å². The molecule has 8 rings (SSSR count). The Bertz CT molecular complexity index is 2830. The molecule has 0 aliphatic carbocycles. The Morgan fingerprint density at radius 3 is 1.23 bits per heavy atom. The lowest BCUT2D eigenvalue weighted by molar-refractivity contribution is 0.339. The molecule has 3 heteroatoms. The molecule has 3 nitrogen and oxygen atoms in total. The maximum atomic E-state index is 5.85. The van der Waals surface area contributed by atoms with Gasteiger partial charge in [-0.2, -0.15) is 0 Å². The molecule has 0 heterocycles. The number of benzene rings is 8. The Balaban J connectivity index is 1.07. The Morgan fingerprint density at radius 2 is 0.790 bits per heavy atom. The molecular weight excluding hydrogens is 753 g/mol. The van der Waals surface area contributed by atoms with Crippen LogP contribution in [-0.2, 0) is 0 Å². The molecule has 0 aliphatic rings. The van der Waals surface area contributed by atoms with E-state index >= 15 is 0 Å². The minimum absolute atomic E-state index is 0.637. The van der Waals surface area contributed by atoms with Gasteiger partial charge in [-0.15, -0.1) is 0 Å². The molecule has 8 aromatic rings. The van der Waals surface area contributed by atoms with Gasteiger partial charge in [0, 0.05) is 39.7 Å². The van der Waals surface area contributed by atoms with Crippen LogP contribution in [0.3, 0.4) is 0 Å². The highest BCUT2D eigenvalue weighted by Gasteiger charge is 2.17. The van der Waals surface area contributed by atoms with Crippen LogP contribution in [0.15, 0.2) is 182 Å². The largest absolute Gasteiger partial charge is 0.493 e. The molecule has 0 aliphatic heterocycles. The summed E-state index contributed by atoms with van der Waals surface area (Å²) in [7, 11) is 0. The van der Waals surface area contributed by atoms with Crippen molar-refractivity contribution in [1.82, 2.24) is 0 Å². The van der Waals surface area contributed by atoms with Crippen LogP contribution >= 0.6 is 0 Å². The zero-order chi connectivity index (χ0) is 43.0. The lowest BCUT2D eigenvalue weighted by Gasteiger charge is -2.28. The smallest absolute Gasteiger partial charge is 0.126 e. The SMILES string of the molecule is CCOc1ccccc1/C=C/c1ccc(N(c2ccc(-c3ccc(N(c4ccc(/C=C/c5ccccc5C)cc4)c4ccc(C)cc4C)cc3)cc2)c2ccc(C)cc2C)cc1. The van der Waals surface area contributed by atoms with Crippen LogP contribution < -0.4 is 14.5 Å². The fourth-order valence-corrected chi connectivity index (χ4v) is 8.09. The van der Waals surface area contributed by atoms with Crippen molar-refractivity contribution < 1.29 is 4.74 Å². The van der Waals surface area contributed by atoms with E-state index in [2.05, 4.69) is 233 Å². The molecule has 8 aromatic carbocycles. The second-order valence-electron chi connectivity index (χ2n) is 16.0. The molecule has 0 N–H and O–H groups in total. The summed E-state index contributed by atoms with van der Waals surface area (Å²) >= 11 is 0. The molecule has 0 atom stereocenters. The first-order valence-electron chi connectivity index (χ1n) is 21.5. The highest BCUT2D eigenvalue weighted by Crippen LogP contribution is 2.40. The lowest BCUT2D eigenvalue weighted by atomic mass is 10.0. The zero-order valence-electron chi connectivity index (χ0n) is 36.6. The summed E-state index contributed by atoms with van der Waals surface area (Å²) in [5, 5.41) is 0. The molecular formula is C59H54N2O. The third-order valence-electron chi connectivity index (χ3n) is 11.4. The lowest BCUT2D eigenvalue weighted by Crippen LogP contribution is -2.11. The minimum Gasteiger partial charge on any atom is -0.493 e. The number of aryl methyl sites for hydroxylation is 5. The van der Waals surface area contributed by atoms with Gasteiger partial charge >= 0.3 is 0 Å². The maximum absolute atomic E-state index is 5.85. The minimum atomic E-state index is 0.637. The number of para-hydroxylation sites is 1. The van der Waals surface area contributed by atoms with Crippen LogP contribution in [0, 0.1) is 34.6 Å². The van der Waals surface area contributed by atoms with E-state index in [4.69, 9.17) is 4.74 Å². The number of ether oxygens (including phenoxy) is 1. The fourth-order valence-electron chi connectivity index (χ4n) is 8.09. The van der Waals surface area contributed by atoms with Gasteiger partial charge in [-0.1, -0.05) is 151 Å². The second kappa shape index (κ2) is 18.9. The molecule has 306 valence electrons. The van der Waals surface area contributed by atoms with E-state index in [0.29, 0.717) is 6.61 Å². The summed E-state index contributed by atoms with van der Waals surface area (Å²) < 4.78 is 5.85. The normalized spacial score (nSPS) is 11.3. The molecule has 0 unspecified atom stereocenters. The van der Waals surface area contributed by atoms with Crippen molar-refractivity contribution in [2.45, 2.75) is 41.5 Å². The summed E-state index contributed by atoms with van der Waals surface area (Å²) in [4.78, 5) is 4.71. The van der Waals surface area contributed by atoms with Gasteiger partial charge in [0.05, 0.1) is 6.61 Å². The van der Waals surface area contributed by atoms with Crippen molar-refractivity contribution in [3.05, 3.63) is 232 Å². The number of hydrogen-bond acceptors (Lipinski definition) is 3. The van der Waals surface area contributed by atoms with Crippen molar-refractivity contribution in [1.29, 1.82) is 0 Å². The molecule has 0 radical (unpaired) electrons. The topological polar surface area (TPSA) is 15.7 Å². The number of nitrogens with zero attached hydrogens (tertiary/aromatic N) is 2. The van der Waals surface area contributed by atoms with Crippen molar-refractivity contribution in [3.8, 4) is 16.9 Å². The highest BCUT2D eigenvalue weighted by atomic mass is 16.5. The highest BCUT2D eigenvalue weighted by molar-refractivity contribution is 5.84. The molecule has 0 saturated carbocycles. The predicted molar refractivity (Wildman–Crippen MR) is 267 cm³/mol. The third-order valence-corrected chi connectivity index (χ3v) is 11.4. The van der Waals surface area contributed by atoms with Crippen molar-refractivity contribution in [2.24, 2.45) is 0 Å². The van der Waals surface area contributed by atoms with Crippen LogP contribution in [0.25, 0.3) is 35.4 Å². The quantitative estimate of drug-likeness (QED) is 0.108. The van der Waals surface area contributed by atoms with Gasteiger partial charge in [-0.3, -0.25) is 0 Å². The molecule has 62 heavy (non-hydrogen) atoms. The van der Waals surface area contributed by atoms with Crippen LogP contribution in [0.4, 0.5) is 34.1 Å². The van der Waals surface area contributed by atoms with Crippen LogP contribution in [0.2, 0.25) is 0 Å². The summed E-state index contributed by atoms with van der Waals surface area (Å²) in [6.45, 7) is 13.5. The number of hydrogen-bond donors (Lipinski definition) is 0. The molecule has 0 amide bonds. The first kappa shape index (κ1) is 41.4. The fraction of sp³-hybridized carbons (Fsp3) is 0.119. The van der Waals surface area contributed by atoms with Gasteiger partial charge in [0.1, 0.15) is 5.75 Å². The molecule has 0 aromatic heterocycles. The van der Waals surface area contributed by atoms with Crippen LogP contribution in [-0.4, -0.2) is 6.61 Å². The summed E-state index contributed by atoms with van der Waals surface area (Å²) in [6.07, 6.45) is 8.65. The van der Waals surface area contributed by atoms with Gasteiger partial charge in [-0.05, 0) is 153 Å². The summed E-state index contributed by atoms with van der Waals surface area (Å²) in [6, 6.07) is 65.5. The van der Waals surface area contributed by atoms with Crippen molar-refractivity contribution in [3.63, 3.8) is 0 Å². The van der Waals surface area contributed by atoms with Crippen molar-refractivity contribution in [2.75, 3.05) is 16.4 Å². The first-order valence-corrected chi connectivity index (χ1v) is 21.5. The monoisotopic (exact) mass is 806 g/mol. The third kappa shape index (κ3) is 9.49. The van der Waals surface area contributed by atoms with E-state index in [0.717, 1.165) is 62.0 Å². The van der Waals surface area contributed by atoms with E-state index in [1.807, 2.05) is 25.1 Å². The number of rotatable bonds is 13. The second-order valence-corrected chi connectivity index (χ2v) is 16.0. The Labute approximate surface area is 368 Å².